The summed E-state index contributed by atoms with van der Waals surface area (Å²) < 4.78 is 11.2. The molecule has 1 unspecified atom stereocenters. The van der Waals surface area contributed by atoms with Crippen molar-refractivity contribution in [3.8, 4) is 17.2 Å². The summed E-state index contributed by atoms with van der Waals surface area (Å²) >= 11 is 0.102. The van der Waals surface area contributed by atoms with Gasteiger partial charge in [0.15, 0.2) is 5.78 Å². The fourth-order valence-electron chi connectivity index (χ4n) is 2.37. The van der Waals surface area contributed by atoms with Gasteiger partial charge in [0, 0.05) is 17.4 Å². The molecule has 0 radical (unpaired) electrons. The van der Waals surface area contributed by atoms with Crippen LogP contribution in [-0.4, -0.2) is 30.9 Å². The Morgan fingerprint density at radius 1 is 1.08 bits per heavy atom. The first kappa shape index (κ1) is 19.3. The molecule has 1 atom stereocenters. The fraction of sp³-hybridized carbons (Fsp3) is 0.188. The Balaban J connectivity index is 2.31. The third-order valence-corrected chi connectivity index (χ3v) is 5.58. The Morgan fingerprint density at radius 2 is 1.68 bits per heavy atom. The van der Waals surface area contributed by atoms with Gasteiger partial charge in [-0.3, -0.25) is 4.79 Å². The van der Waals surface area contributed by atoms with E-state index in [0.29, 0.717) is 0 Å². The van der Waals surface area contributed by atoms with Crippen LogP contribution in [0.5, 0.6) is 17.2 Å². The third kappa shape index (κ3) is 5.24. The zero-order valence-electron chi connectivity index (χ0n) is 13.2. The van der Waals surface area contributed by atoms with E-state index in [1.165, 1.54) is 12.1 Å². The lowest BCUT2D eigenvalue weighted by Gasteiger charge is -2.15. The van der Waals surface area contributed by atoms with Crippen LogP contribution in [0, 0.1) is 0 Å². The Bertz CT molecular complexity index is 829. The standard InChI is InChI=1S/C16H17O7PS/c1-9(10-2-4-11(17)5-3-10)6-13(19)16-14(20)7-12(18)8-15(16)25-24(21,22)23/h2-5,7-9,17-18,20H,6H2,1H3,(H2,21,22,23). The molecule has 0 spiro atoms. The van der Waals surface area contributed by atoms with Crippen LogP contribution in [-0.2, 0) is 4.57 Å². The molecule has 134 valence electrons. The number of phenolic OH excluding ortho intramolecular Hbond substituents is 3. The summed E-state index contributed by atoms with van der Waals surface area (Å²) in [4.78, 5) is 30.6. The number of benzene rings is 2. The first-order chi connectivity index (χ1) is 11.6. The SMILES string of the molecule is CC(CC(=O)c1c(O)cc(O)cc1SP(=O)(O)O)c1ccc(O)cc1. The molecule has 0 saturated carbocycles. The predicted octanol–water partition coefficient (Wildman–Crippen LogP) is 3.36. The molecule has 0 bridgehead atoms. The van der Waals surface area contributed by atoms with Crippen LogP contribution < -0.4 is 0 Å². The lowest BCUT2D eigenvalue weighted by Crippen LogP contribution is -2.07. The van der Waals surface area contributed by atoms with Gasteiger partial charge in [-0.15, -0.1) is 0 Å². The van der Waals surface area contributed by atoms with E-state index in [2.05, 4.69) is 0 Å². The van der Waals surface area contributed by atoms with Crippen LogP contribution in [0.2, 0.25) is 0 Å². The summed E-state index contributed by atoms with van der Waals surface area (Å²) in [6.45, 7) is -2.80. The minimum absolute atomic E-state index is 0.0299. The zero-order chi connectivity index (χ0) is 18.8. The second-order valence-corrected chi connectivity index (χ2v) is 9.12. The zero-order valence-corrected chi connectivity index (χ0v) is 14.9. The van der Waals surface area contributed by atoms with Gasteiger partial charge < -0.3 is 25.1 Å². The first-order valence-electron chi connectivity index (χ1n) is 7.20. The van der Waals surface area contributed by atoms with E-state index in [-0.39, 0.29) is 39.9 Å². The van der Waals surface area contributed by atoms with E-state index >= 15 is 0 Å². The average Bonchev–Trinajstić information content (AvgIpc) is 2.45. The summed E-state index contributed by atoms with van der Waals surface area (Å²) in [5, 5.41) is 28.8. The molecule has 7 nitrogen and oxygen atoms in total. The number of hydrogen-bond acceptors (Lipinski definition) is 6. The second kappa shape index (κ2) is 7.49. The highest BCUT2D eigenvalue weighted by atomic mass is 32.7. The average molecular weight is 384 g/mol. The van der Waals surface area contributed by atoms with Gasteiger partial charge >= 0.3 is 6.80 Å². The number of phenols is 3. The Kier molecular flexibility index (Phi) is 5.80. The van der Waals surface area contributed by atoms with E-state index in [1.54, 1.807) is 19.1 Å². The largest absolute Gasteiger partial charge is 0.508 e. The number of hydrogen-bond donors (Lipinski definition) is 5. The highest BCUT2D eigenvalue weighted by molar-refractivity contribution is 8.54. The van der Waals surface area contributed by atoms with Crippen LogP contribution >= 0.6 is 18.2 Å². The summed E-state index contributed by atoms with van der Waals surface area (Å²) in [7, 11) is 0. The fourth-order valence-corrected chi connectivity index (χ4v) is 4.31. The van der Waals surface area contributed by atoms with Crippen LogP contribution in [0.3, 0.4) is 0 Å². The maximum Gasteiger partial charge on any atom is 0.388 e. The van der Waals surface area contributed by atoms with E-state index in [4.69, 9.17) is 9.79 Å². The van der Waals surface area contributed by atoms with E-state index < -0.39 is 24.1 Å². The summed E-state index contributed by atoms with van der Waals surface area (Å²) in [6.07, 6.45) is -0.0299. The lowest BCUT2D eigenvalue weighted by atomic mass is 9.93. The molecule has 0 saturated heterocycles. The maximum atomic E-state index is 12.6. The van der Waals surface area contributed by atoms with Gasteiger partial charge in [-0.2, -0.15) is 0 Å². The molecule has 0 aromatic heterocycles. The molecular formula is C16H17O7PS. The number of ketones is 1. The molecular weight excluding hydrogens is 367 g/mol. The van der Waals surface area contributed by atoms with Gasteiger partial charge in [-0.25, -0.2) is 4.57 Å². The van der Waals surface area contributed by atoms with Gasteiger partial charge in [-0.1, -0.05) is 19.1 Å². The second-order valence-electron chi connectivity index (χ2n) is 5.54. The molecule has 2 aromatic carbocycles. The van der Waals surface area contributed by atoms with Crippen molar-refractivity contribution in [2.75, 3.05) is 0 Å². The van der Waals surface area contributed by atoms with Crippen LogP contribution in [0.1, 0.15) is 35.2 Å². The smallest absolute Gasteiger partial charge is 0.388 e. The van der Waals surface area contributed by atoms with E-state index in [9.17, 15) is 24.7 Å². The van der Waals surface area contributed by atoms with Crippen molar-refractivity contribution in [1.82, 2.24) is 0 Å². The number of rotatable bonds is 6. The minimum Gasteiger partial charge on any atom is -0.508 e. The molecule has 0 fully saturated rings. The molecule has 25 heavy (non-hydrogen) atoms. The molecule has 0 aliphatic heterocycles. The first-order valence-corrected chi connectivity index (χ1v) is 10.2. The van der Waals surface area contributed by atoms with E-state index in [0.717, 1.165) is 17.7 Å². The van der Waals surface area contributed by atoms with Crippen molar-refractivity contribution in [3.05, 3.63) is 47.5 Å². The number of Topliss-reactive ketones (excluding diaryl/α,β-unsaturated/α-hetero) is 1. The van der Waals surface area contributed by atoms with Gasteiger partial charge in [0.1, 0.15) is 17.2 Å². The normalized spacial score (nSPS) is 12.8. The topological polar surface area (TPSA) is 135 Å². The quantitative estimate of drug-likeness (QED) is 0.378. The van der Waals surface area contributed by atoms with Crippen molar-refractivity contribution in [3.63, 3.8) is 0 Å². The van der Waals surface area contributed by atoms with Crippen LogP contribution in [0.25, 0.3) is 0 Å². The highest BCUT2D eigenvalue weighted by Crippen LogP contribution is 2.56. The van der Waals surface area contributed by atoms with Gasteiger partial charge in [-0.05, 0) is 41.1 Å². The van der Waals surface area contributed by atoms with E-state index in [1.807, 2.05) is 0 Å². The molecule has 2 aromatic rings. The Hall–Kier alpha value is -1.99. The van der Waals surface area contributed by atoms with Gasteiger partial charge in [0.25, 0.3) is 0 Å². The number of aromatic hydroxyl groups is 3. The monoisotopic (exact) mass is 384 g/mol. The van der Waals surface area contributed by atoms with Crippen LogP contribution in [0.4, 0.5) is 0 Å². The van der Waals surface area contributed by atoms with Crippen molar-refractivity contribution >= 4 is 24.0 Å². The minimum atomic E-state index is -4.58. The molecule has 9 heteroatoms. The van der Waals surface area contributed by atoms with Crippen LogP contribution in [0.15, 0.2) is 41.3 Å². The summed E-state index contributed by atoms with van der Waals surface area (Å²) in [5.74, 6) is -1.63. The summed E-state index contributed by atoms with van der Waals surface area (Å²) in [5.41, 5.74) is 0.547. The maximum absolute atomic E-state index is 12.6. The van der Waals surface area contributed by atoms with Crippen molar-refractivity contribution < 1.29 is 34.5 Å². The lowest BCUT2D eigenvalue weighted by molar-refractivity contribution is 0.0970. The Morgan fingerprint density at radius 3 is 2.24 bits per heavy atom. The molecule has 2 rings (SSSR count). The summed E-state index contributed by atoms with van der Waals surface area (Å²) in [6, 6.07) is 8.28. The predicted molar refractivity (Wildman–Crippen MR) is 93.1 cm³/mol. The number of carbonyl (C=O) groups excluding carboxylic acids is 1. The molecule has 0 heterocycles. The van der Waals surface area contributed by atoms with Gasteiger partial charge in [0.05, 0.1) is 5.56 Å². The molecule has 0 amide bonds. The molecule has 5 N–H and O–H groups in total. The molecule has 0 aliphatic carbocycles. The van der Waals surface area contributed by atoms with Crippen molar-refractivity contribution in [2.24, 2.45) is 0 Å². The van der Waals surface area contributed by atoms with Crippen molar-refractivity contribution in [1.29, 1.82) is 0 Å². The number of carbonyl (C=O) groups is 1. The molecule has 0 aliphatic rings. The highest BCUT2D eigenvalue weighted by Gasteiger charge is 2.26. The van der Waals surface area contributed by atoms with Gasteiger partial charge in [0.2, 0.25) is 0 Å². The van der Waals surface area contributed by atoms with Crippen molar-refractivity contribution in [2.45, 2.75) is 24.2 Å². The Labute approximate surface area is 147 Å². The third-order valence-electron chi connectivity index (χ3n) is 3.52.